The zero-order valence-electron chi connectivity index (χ0n) is 7.52. The van der Waals surface area contributed by atoms with Gasteiger partial charge >= 0.3 is 0 Å². The van der Waals surface area contributed by atoms with E-state index in [2.05, 4.69) is 13.8 Å². The van der Waals surface area contributed by atoms with Gasteiger partial charge in [0.05, 0.1) is 6.17 Å². The molecule has 1 heteroatoms. The highest BCUT2D eigenvalue weighted by Gasteiger charge is 2.10. The Kier molecular flexibility index (Phi) is 4.67. The predicted molar refractivity (Wildman–Crippen MR) is 43.8 cm³/mol. The maximum atomic E-state index is 12.5. The van der Waals surface area contributed by atoms with Gasteiger partial charge in [0.1, 0.15) is 0 Å². The van der Waals surface area contributed by atoms with Crippen LogP contribution in [0.3, 0.4) is 0 Å². The first-order chi connectivity index (χ1) is 4.54. The average Bonchev–Trinajstić information content (AvgIpc) is 1.82. The number of hydrogen-bond acceptors (Lipinski definition) is 0. The van der Waals surface area contributed by atoms with Gasteiger partial charge in [-0.25, -0.2) is 4.39 Å². The average molecular weight is 146 g/mol. The van der Waals surface area contributed by atoms with E-state index >= 15 is 0 Å². The molecule has 0 aromatic carbocycles. The lowest BCUT2D eigenvalue weighted by Gasteiger charge is -2.13. The summed E-state index contributed by atoms with van der Waals surface area (Å²) in [5, 5.41) is 0. The van der Waals surface area contributed by atoms with Gasteiger partial charge in [-0.2, -0.15) is 0 Å². The van der Waals surface area contributed by atoms with Crippen LogP contribution in [0.25, 0.3) is 0 Å². The lowest BCUT2D eigenvalue weighted by atomic mass is 9.96. The van der Waals surface area contributed by atoms with Crippen molar-refractivity contribution in [1.82, 2.24) is 0 Å². The minimum atomic E-state index is -0.640. The lowest BCUT2D eigenvalue weighted by Crippen LogP contribution is -2.08. The molecule has 0 aliphatic carbocycles. The van der Waals surface area contributed by atoms with Crippen LogP contribution in [0.2, 0.25) is 0 Å². The Morgan fingerprint density at radius 2 is 1.50 bits per heavy atom. The SMILES string of the molecule is CC(C)CC[C@H](C)[C@H](C)F. The van der Waals surface area contributed by atoms with E-state index in [1.165, 1.54) is 0 Å². The molecule has 0 aromatic heterocycles. The molecule has 0 amide bonds. The number of rotatable bonds is 4. The van der Waals surface area contributed by atoms with Crippen molar-refractivity contribution in [1.29, 1.82) is 0 Å². The topological polar surface area (TPSA) is 0 Å². The van der Waals surface area contributed by atoms with Gasteiger partial charge in [-0.1, -0.05) is 27.2 Å². The van der Waals surface area contributed by atoms with Crippen molar-refractivity contribution in [2.24, 2.45) is 11.8 Å². The van der Waals surface area contributed by atoms with Crippen molar-refractivity contribution in [3.8, 4) is 0 Å². The molecule has 0 aliphatic heterocycles. The quantitative estimate of drug-likeness (QED) is 0.570. The van der Waals surface area contributed by atoms with E-state index in [9.17, 15) is 4.39 Å². The normalized spacial score (nSPS) is 17.4. The highest BCUT2D eigenvalue weighted by atomic mass is 19.1. The van der Waals surface area contributed by atoms with Crippen LogP contribution >= 0.6 is 0 Å². The highest BCUT2D eigenvalue weighted by Crippen LogP contribution is 2.16. The molecule has 0 rings (SSSR count). The van der Waals surface area contributed by atoms with Gasteiger partial charge in [0.2, 0.25) is 0 Å². The molecule has 62 valence electrons. The minimum Gasteiger partial charge on any atom is -0.248 e. The molecule has 0 saturated carbocycles. The molecule has 10 heavy (non-hydrogen) atoms. The fourth-order valence-electron chi connectivity index (χ4n) is 0.826. The maximum absolute atomic E-state index is 12.5. The van der Waals surface area contributed by atoms with Crippen molar-refractivity contribution in [2.75, 3.05) is 0 Å². The predicted octanol–water partition coefficient (Wildman–Crippen LogP) is 3.42. The number of alkyl halides is 1. The van der Waals surface area contributed by atoms with Crippen LogP contribution < -0.4 is 0 Å². The lowest BCUT2D eigenvalue weighted by molar-refractivity contribution is 0.243. The Bertz CT molecular complexity index is 76.8. The second-order valence-electron chi connectivity index (χ2n) is 3.63. The summed E-state index contributed by atoms with van der Waals surface area (Å²) in [7, 11) is 0. The van der Waals surface area contributed by atoms with Crippen LogP contribution in [0.1, 0.15) is 40.5 Å². The molecule has 0 N–H and O–H groups in total. The van der Waals surface area contributed by atoms with E-state index in [0.717, 1.165) is 12.8 Å². The van der Waals surface area contributed by atoms with Crippen molar-refractivity contribution >= 4 is 0 Å². The van der Waals surface area contributed by atoms with E-state index in [0.29, 0.717) is 5.92 Å². The maximum Gasteiger partial charge on any atom is 0.0998 e. The summed E-state index contributed by atoms with van der Waals surface area (Å²) in [5.41, 5.74) is 0. The molecule has 0 fully saturated rings. The van der Waals surface area contributed by atoms with Crippen LogP contribution in [-0.4, -0.2) is 6.17 Å². The Morgan fingerprint density at radius 3 is 1.80 bits per heavy atom. The van der Waals surface area contributed by atoms with E-state index < -0.39 is 6.17 Å². The third kappa shape index (κ3) is 4.78. The van der Waals surface area contributed by atoms with Crippen molar-refractivity contribution in [2.45, 2.75) is 46.7 Å². The molecule has 0 heterocycles. The Hall–Kier alpha value is -0.0700. The first kappa shape index (κ1) is 9.93. The van der Waals surface area contributed by atoms with E-state index in [1.807, 2.05) is 6.92 Å². The van der Waals surface area contributed by atoms with Gasteiger partial charge in [0.25, 0.3) is 0 Å². The van der Waals surface area contributed by atoms with Gasteiger partial charge in [0, 0.05) is 0 Å². The molecular weight excluding hydrogens is 127 g/mol. The summed E-state index contributed by atoms with van der Waals surface area (Å²) >= 11 is 0. The largest absolute Gasteiger partial charge is 0.248 e. The zero-order valence-corrected chi connectivity index (χ0v) is 7.52. The third-order valence-electron chi connectivity index (χ3n) is 1.98. The molecule has 0 radical (unpaired) electrons. The van der Waals surface area contributed by atoms with Gasteiger partial charge in [-0.3, -0.25) is 0 Å². The summed E-state index contributed by atoms with van der Waals surface area (Å²) in [4.78, 5) is 0. The third-order valence-corrected chi connectivity index (χ3v) is 1.98. The first-order valence-corrected chi connectivity index (χ1v) is 4.18. The van der Waals surface area contributed by atoms with Crippen LogP contribution in [0, 0.1) is 11.8 Å². The zero-order chi connectivity index (χ0) is 8.15. The molecule has 0 spiro atoms. The monoisotopic (exact) mass is 146 g/mol. The molecule has 2 atom stereocenters. The van der Waals surface area contributed by atoms with Crippen molar-refractivity contribution in [3.05, 3.63) is 0 Å². The van der Waals surface area contributed by atoms with Crippen LogP contribution in [0.5, 0.6) is 0 Å². The Balaban J connectivity index is 3.30. The molecule has 0 aliphatic rings. The fraction of sp³-hybridized carbons (Fsp3) is 1.00. The summed E-state index contributed by atoms with van der Waals surface area (Å²) in [6, 6.07) is 0. The second kappa shape index (κ2) is 4.70. The summed E-state index contributed by atoms with van der Waals surface area (Å²) in [6.45, 7) is 7.98. The molecule has 0 aromatic rings. The Morgan fingerprint density at radius 1 is 1.00 bits per heavy atom. The van der Waals surface area contributed by atoms with Crippen molar-refractivity contribution < 1.29 is 4.39 Å². The van der Waals surface area contributed by atoms with E-state index in [1.54, 1.807) is 6.92 Å². The molecule has 0 nitrogen and oxygen atoms in total. The van der Waals surface area contributed by atoms with Crippen LogP contribution in [0.4, 0.5) is 4.39 Å². The fourth-order valence-corrected chi connectivity index (χ4v) is 0.826. The number of hydrogen-bond donors (Lipinski definition) is 0. The first-order valence-electron chi connectivity index (χ1n) is 4.18. The summed E-state index contributed by atoms with van der Waals surface area (Å²) in [5.74, 6) is 0.948. The molecule has 0 bridgehead atoms. The van der Waals surface area contributed by atoms with Crippen LogP contribution in [-0.2, 0) is 0 Å². The molecule has 0 saturated heterocycles. The highest BCUT2D eigenvalue weighted by molar-refractivity contribution is 4.60. The second-order valence-corrected chi connectivity index (χ2v) is 3.63. The standard InChI is InChI=1S/C9H19F/c1-7(2)5-6-8(3)9(4)10/h7-9H,5-6H2,1-4H3/t8-,9-/m0/s1. The van der Waals surface area contributed by atoms with Gasteiger partial charge < -0.3 is 0 Å². The number of halogens is 1. The van der Waals surface area contributed by atoms with Gasteiger partial charge in [-0.15, -0.1) is 0 Å². The Labute approximate surface area is 63.8 Å². The van der Waals surface area contributed by atoms with Crippen LogP contribution in [0.15, 0.2) is 0 Å². The van der Waals surface area contributed by atoms with Gasteiger partial charge in [0.15, 0.2) is 0 Å². The summed E-state index contributed by atoms with van der Waals surface area (Å²) < 4.78 is 12.5. The van der Waals surface area contributed by atoms with Crippen molar-refractivity contribution in [3.63, 3.8) is 0 Å². The smallest absolute Gasteiger partial charge is 0.0998 e. The van der Waals surface area contributed by atoms with Gasteiger partial charge in [-0.05, 0) is 25.2 Å². The van der Waals surface area contributed by atoms with E-state index in [-0.39, 0.29) is 5.92 Å². The van der Waals surface area contributed by atoms with E-state index in [4.69, 9.17) is 0 Å². The summed E-state index contributed by atoms with van der Waals surface area (Å²) in [6.07, 6.45) is 1.53. The molecule has 0 unspecified atom stereocenters. The minimum absolute atomic E-state index is 0.238. The molecular formula is C9H19F.